The molecule has 0 fully saturated rings. The van der Waals surface area contributed by atoms with E-state index < -0.39 is 24.0 Å². The number of benzene rings is 1. The van der Waals surface area contributed by atoms with E-state index in [1.807, 2.05) is 26.0 Å². The number of hydrogen-bond donors (Lipinski definition) is 3. The first-order chi connectivity index (χ1) is 9.79. The molecule has 0 saturated carbocycles. The summed E-state index contributed by atoms with van der Waals surface area (Å²) in [5, 5.41) is 14.6. The quantitative estimate of drug-likeness (QED) is 0.726. The number of aliphatic carboxylic acids is 1. The van der Waals surface area contributed by atoms with E-state index in [2.05, 4.69) is 26.6 Å². The molecule has 21 heavy (non-hydrogen) atoms. The Morgan fingerprint density at radius 2 is 1.76 bits per heavy atom. The SMILES string of the molecule is CC(C)C[C@H](C(=O)O)[C@H](C)NC(=O)Nc1ccc(Br)cc1. The van der Waals surface area contributed by atoms with E-state index in [0.29, 0.717) is 12.1 Å². The third kappa shape index (κ3) is 6.16. The molecule has 1 rings (SSSR count). The highest BCUT2D eigenvalue weighted by Gasteiger charge is 2.26. The Morgan fingerprint density at radius 1 is 1.19 bits per heavy atom. The van der Waals surface area contributed by atoms with Crippen LogP contribution in [0.1, 0.15) is 27.2 Å². The van der Waals surface area contributed by atoms with Crippen molar-refractivity contribution in [3.8, 4) is 0 Å². The van der Waals surface area contributed by atoms with Crippen molar-refractivity contribution in [2.24, 2.45) is 11.8 Å². The van der Waals surface area contributed by atoms with Crippen LogP contribution in [0.2, 0.25) is 0 Å². The molecule has 2 atom stereocenters. The lowest BCUT2D eigenvalue weighted by atomic mass is 9.91. The number of halogens is 1. The van der Waals surface area contributed by atoms with Gasteiger partial charge in [-0.05, 0) is 43.5 Å². The number of nitrogens with one attached hydrogen (secondary N) is 2. The minimum absolute atomic E-state index is 0.255. The van der Waals surface area contributed by atoms with Gasteiger partial charge in [-0.2, -0.15) is 0 Å². The summed E-state index contributed by atoms with van der Waals surface area (Å²) in [6.45, 7) is 5.64. The number of urea groups is 1. The minimum Gasteiger partial charge on any atom is -0.481 e. The van der Waals surface area contributed by atoms with Gasteiger partial charge in [0.25, 0.3) is 0 Å². The predicted molar refractivity (Wildman–Crippen MR) is 86.3 cm³/mol. The van der Waals surface area contributed by atoms with Gasteiger partial charge in [0, 0.05) is 16.2 Å². The maximum absolute atomic E-state index is 11.9. The zero-order chi connectivity index (χ0) is 16.0. The number of carbonyl (C=O) groups is 2. The molecule has 0 saturated heterocycles. The smallest absolute Gasteiger partial charge is 0.319 e. The first-order valence-electron chi connectivity index (χ1n) is 6.85. The van der Waals surface area contributed by atoms with Crippen LogP contribution < -0.4 is 10.6 Å². The van der Waals surface area contributed by atoms with Crippen molar-refractivity contribution in [1.29, 1.82) is 0 Å². The molecule has 116 valence electrons. The van der Waals surface area contributed by atoms with Gasteiger partial charge >= 0.3 is 12.0 Å². The van der Waals surface area contributed by atoms with E-state index in [1.165, 1.54) is 0 Å². The van der Waals surface area contributed by atoms with Crippen LogP contribution in [-0.4, -0.2) is 23.1 Å². The molecule has 2 amide bonds. The summed E-state index contributed by atoms with van der Waals surface area (Å²) in [6, 6.07) is 6.31. The molecule has 1 aromatic rings. The number of rotatable bonds is 6. The Kier molecular flexibility index (Phi) is 6.68. The molecule has 0 unspecified atom stereocenters. The largest absolute Gasteiger partial charge is 0.481 e. The molecule has 0 bridgehead atoms. The van der Waals surface area contributed by atoms with Gasteiger partial charge < -0.3 is 15.7 Å². The number of carboxylic acids is 1. The van der Waals surface area contributed by atoms with Gasteiger partial charge in [-0.1, -0.05) is 29.8 Å². The van der Waals surface area contributed by atoms with Crippen molar-refractivity contribution in [1.82, 2.24) is 5.32 Å². The predicted octanol–water partition coefficient (Wildman–Crippen LogP) is 3.71. The van der Waals surface area contributed by atoms with Crippen LogP contribution in [0.4, 0.5) is 10.5 Å². The van der Waals surface area contributed by atoms with E-state index in [1.54, 1.807) is 19.1 Å². The fourth-order valence-electron chi connectivity index (χ4n) is 2.03. The van der Waals surface area contributed by atoms with Crippen molar-refractivity contribution in [2.45, 2.75) is 33.2 Å². The van der Waals surface area contributed by atoms with Crippen molar-refractivity contribution in [3.05, 3.63) is 28.7 Å². The Morgan fingerprint density at radius 3 is 2.24 bits per heavy atom. The van der Waals surface area contributed by atoms with E-state index in [9.17, 15) is 14.7 Å². The number of anilines is 1. The Balaban J connectivity index is 2.59. The van der Waals surface area contributed by atoms with E-state index >= 15 is 0 Å². The molecule has 1 aromatic carbocycles. The molecular formula is C15H21BrN2O3. The highest BCUT2D eigenvalue weighted by atomic mass is 79.9. The number of carbonyl (C=O) groups excluding carboxylic acids is 1. The Bertz CT molecular complexity index is 488. The zero-order valence-corrected chi connectivity index (χ0v) is 14.0. The second kappa shape index (κ2) is 8.02. The van der Waals surface area contributed by atoms with Gasteiger partial charge in [0.2, 0.25) is 0 Å². The van der Waals surface area contributed by atoms with E-state index in [0.717, 1.165) is 4.47 Å². The second-order valence-corrected chi connectivity index (χ2v) is 6.38. The lowest BCUT2D eigenvalue weighted by Gasteiger charge is -2.23. The molecular weight excluding hydrogens is 336 g/mol. The van der Waals surface area contributed by atoms with Crippen LogP contribution in [0.25, 0.3) is 0 Å². The molecule has 0 aromatic heterocycles. The van der Waals surface area contributed by atoms with Crippen LogP contribution in [0.5, 0.6) is 0 Å². The van der Waals surface area contributed by atoms with Crippen LogP contribution >= 0.6 is 15.9 Å². The summed E-state index contributed by atoms with van der Waals surface area (Å²) in [5.74, 6) is -1.23. The highest BCUT2D eigenvalue weighted by Crippen LogP contribution is 2.17. The first-order valence-corrected chi connectivity index (χ1v) is 7.64. The van der Waals surface area contributed by atoms with Gasteiger partial charge in [0.15, 0.2) is 0 Å². The van der Waals surface area contributed by atoms with Crippen LogP contribution in [-0.2, 0) is 4.79 Å². The molecule has 0 radical (unpaired) electrons. The summed E-state index contributed by atoms with van der Waals surface area (Å²) in [5.41, 5.74) is 0.652. The molecule has 0 heterocycles. The number of hydrogen-bond acceptors (Lipinski definition) is 2. The van der Waals surface area contributed by atoms with Gasteiger partial charge in [-0.25, -0.2) is 4.79 Å². The fraction of sp³-hybridized carbons (Fsp3) is 0.467. The number of amides is 2. The average Bonchev–Trinajstić information content (AvgIpc) is 2.38. The molecule has 0 aliphatic rings. The third-order valence-corrected chi connectivity index (χ3v) is 3.64. The van der Waals surface area contributed by atoms with Gasteiger partial charge in [-0.15, -0.1) is 0 Å². The van der Waals surface area contributed by atoms with Crippen LogP contribution in [0, 0.1) is 11.8 Å². The van der Waals surface area contributed by atoms with Crippen molar-refractivity contribution >= 4 is 33.6 Å². The maximum Gasteiger partial charge on any atom is 0.319 e. The van der Waals surface area contributed by atoms with E-state index in [4.69, 9.17) is 0 Å². The Hall–Kier alpha value is -1.56. The Labute approximate surface area is 133 Å². The summed E-state index contributed by atoms with van der Waals surface area (Å²) in [4.78, 5) is 23.2. The van der Waals surface area contributed by atoms with Crippen molar-refractivity contribution in [2.75, 3.05) is 5.32 Å². The minimum atomic E-state index is -0.889. The monoisotopic (exact) mass is 356 g/mol. The summed E-state index contributed by atoms with van der Waals surface area (Å²) in [6.07, 6.45) is 0.523. The average molecular weight is 357 g/mol. The number of carboxylic acid groups (broad SMARTS) is 1. The summed E-state index contributed by atoms with van der Waals surface area (Å²) < 4.78 is 0.921. The lowest BCUT2D eigenvalue weighted by Crippen LogP contribution is -2.43. The van der Waals surface area contributed by atoms with Crippen LogP contribution in [0.3, 0.4) is 0 Å². The first kappa shape index (κ1) is 17.5. The fourth-order valence-corrected chi connectivity index (χ4v) is 2.30. The normalized spacial score (nSPS) is 13.6. The molecule has 0 spiro atoms. The summed E-state index contributed by atoms with van der Waals surface area (Å²) in [7, 11) is 0. The standard InChI is InChI=1S/C15H21BrN2O3/c1-9(2)8-13(14(19)20)10(3)17-15(21)18-12-6-4-11(16)5-7-12/h4-7,9-10,13H,8H2,1-3H3,(H,19,20)(H2,17,18,21)/t10-,13-/m0/s1. The molecule has 0 aliphatic heterocycles. The molecule has 3 N–H and O–H groups in total. The zero-order valence-electron chi connectivity index (χ0n) is 12.4. The summed E-state index contributed by atoms with van der Waals surface area (Å²) >= 11 is 3.32. The molecule has 0 aliphatic carbocycles. The van der Waals surface area contributed by atoms with Crippen molar-refractivity contribution in [3.63, 3.8) is 0 Å². The highest BCUT2D eigenvalue weighted by molar-refractivity contribution is 9.10. The lowest BCUT2D eigenvalue weighted by molar-refractivity contribution is -0.143. The second-order valence-electron chi connectivity index (χ2n) is 5.47. The topological polar surface area (TPSA) is 78.4 Å². The molecule has 5 nitrogen and oxygen atoms in total. The van der Waals surface area contributed by atoms with Gasteiger partial charge in [0.1, 0.15) is 0 Å². The van der Waals surface area contributed by atoms with Gasteiger partial charge in [0.05, 0.1) is 5.92 Å². The molecule has 6 heteroatoms. The van der Waals surface area contributed by atoms with Crippen molar-refractivity contribution < 1.29 is 14.7 Å². The van der Waals surface area contributed by atoms with Crippen LogP contribution in [0.15, 0.2) is 28.7 Å². The van der Waals surface area contributed by atoms with Gasteiger partial charge in [-0.3, -0.25) is 4.79 Å². The third-order valence-electron chi connectivity index (χ3n) is 3.11. The maximum atomic E-state index is 11.9. The van der Waals surface area contributed by atoms with E-state index in [-0.39, 0.29) is 5.92 Å².